The monoisotopic (exact) mass is 322 g/mol. The van der Waals surface area contributed by atoms with Gasteiger partial charge in [0, 0.05) is 17.1 Å². The highest BCUT2D eigenvalue weighted by atomic mass is 16.2. The van der Waals surface area contributed by atoms with E-state index >= 15 is 0 Å². The molecule has 1 aromatic heterocycles. The lowest BCUT2D eigenvalue weighted by Crippen LogP contribution is -2.35. The van der Waals surface area contributed by atoms with Gasteiger partial charge in [-0.1, -0.05) is 17.7 Å². The number of nitrogens with zero attached hydrogens (tertiary/aromatic N) is 2. The van der Waals surface area contributed by atoms with Crippen molar-refractivity contribution in [3.63, 3.8) is 0 Å². The van der Waals surface area contributed by atoms with Gasteiger partial charge in [-0.2, -0.15) is 5.26 Å². The van der Waals surface area contributed by atoms with Crippen molar-refractivity contribution in [3.8, 4) is 11.8 Å². The van der Waals surface area contributed by atoms with Crippen molar-refractivity contribution in [2.75, 3.05) is 0 Å². The van der Waals surface area contributed by atoms with E-state index in [-0.39, 0.29) is 5.57 Å². The zero-order chi connectivity index (χ0) is 17.9. The van der Waals surface area contributed by atoms with Gasteiger partial charge in [0.05, 0.1) is 0 Å². The SMILES string of the molecule is Cc1ccc(-n2c(C)cc(/C=C(\C#N)C(=O)NC(N)=O)c2C)cc1. The van der Waals surface area contributed by atoms with Crippen LogP contribution in [0.25, 0.3) is 11.8 Å². The minimum absolute atomic E-state index is 0.182. The molecule has 2 rings (SSSR count). The molecule has 3 N–H and O–H groups in total. The highest BCUT2D eigenvalue weighted by molar-refractivity contribution is 6.08. The van der Waals surface area contributed by atoms with Crippen LogP contribution >= 0.6 is 0 Å². The smallest absolute Gasteiger partial charge is 0.319 e. The van der Waals surface area contributed by atoms with Gasteiger partial charge in [-0.05, 0) is 50.6 Å². The zero-order valence-electron chi connectivity index (χ0n) is 13.8. The maximum Gasteiger partial charge on any atom is 0.319 e. The van der Waals surface area contributed by atoms with Gasteiger partial charge in [0.1, 0.15) is 11.6 Å². The van der Waals surface area contributed by atoms with Crippen LogP contribution in [0.15, 0.2) is 35.9 Å². The van der Waals surface area contributed by atoms with Crippen LogP contribution in [0.1, 0.15) is 22.5 Å². The Morgan fingerprint density at radius 3 is 2.38 bits per heavy atom. The summed E-state index contributed by atoms with van der Waals surface area (Å²) in [5.41, 5.74) is 9.47. The number of benzene rings is 1. The number of aromatic nitrogens is 1. The number of carbonyl (C=O) groups is 2. The second-order valence-electron chi connectivity index (χ2n) is 5.49. The molecule has 0 unspecified atom stereocenters. The first-order valence-corrected chi connectivity index (χ1v) is 7.32. The van der Waals surface area contributed by atoms with E-state index < -0.39 is 11.9 Å². The Hall–Kier alpha value is -3.33. The molecule has 0 spiro atoms. The maximum absolute atomic E-state index is 11.8. The number of hydrogen-bond donors (Lipinski definition) is 2. The molecular formula is C18H18N4O2. The van der Waals surface area contributed by atoms with Gasteiger partial charge in [0.25, 0.3) is 5.91 Å². The number of rotatable bonds is 3. The molecule has 0 saturated carbocycles. The number of amides is 3. The summed E-state index contributed by atoms with van der Waals surface area (Å²) in [5.74, 6) is -0.815. The molecule has 0 fully saturated rings. The average molecular weight is 322 g/mol. The Bertz CT molecular complexity index is 868. The van der Waals surface area contributed by atoms with Gasteiger partial charge in [-0.3, -0.25) is 10.1 Å². The van der Waals surface area contributed by atoms with Crippen LogP contribution in [0.3, 0.4) is 0 Å². The van der Waals surface area contributed by atoms with Crippen molar-refractivity contribution in [2.45, 2.75) is 20.8 Å². The molecular weight excluding hydrogens is 304 g/mol. The minimum atomic E-state index is -0.994. The number of nitrogens with one attached hydrogen (secondary N) is 1. The molecule has 0 aliphatic heterocycles. The number of primary amides is 1. The number of hydrogen-bond acceptors (Lipinski definition) is 3. The average Bonchev–Trinajstić information content (AvgIpc) is 2.79. The van der Waals surface area contributed by atoms with E-state index in [1.165, 1.54) is 6.08 Å². The Balaban J connectivity index is 2.46. The van der Waals surface area contributed by atoms with Crippen molar-refractivity contribution in [3.05, 3.63) is 58.4 Å². The third-order valence-corrected chi connectivity index (χ3v) is 3.66. The fourth-order valence-electron chi connectivity index (χ4n) is 2.51. The molecule has 0 saturated heterocycles. The molecule has 3 amide bonds. The van der Waals surface area contributed by atoms with Crippen molar-refractivity contribution in [1.82, 2.24) is 9.88 Å². The molecule has 0 bridgehead atoms. The second-order valence-corrected chi connectivity index (χ2v) is 5.49. The summed E-state index contributed by atoms with van der Waals surface area (Å²) in [6, 6.07) is 10.7. The van der Waals surface area contributed by atoms with E-state index in [1.54, 1.807) is 6.07 Å². The van der Waals surface area contributed by atoms with Crippen molar-refractivity contribution >= 4 is 18.0 Å². The highest BCUT2D eigenvalue weighted by Crippen LogP contribution is 2.23. The molecule has 0 aliphatic carbocycles. The van der Waals surface area contributed by atoms with E-state index in [0.29, 0.717) is 0 Å². The fraction of sp³-hybridized carbons (Fsp3) is 0.167. The van der Waals surface area contributed by atoms with Crippen LogP contribution < -0.4 is 11.1 Å². The molecule has 0 atom stereocenters. The van der Waals surface area contributed by atoms with Crippen LogP contribution in [-0.2, 0) is 4.79 Å². The molecule has 1 heterocycles. The Morgan fingerprint density at radius 2 is 1.83 bits per heavy atom. The zero-order valence-corrected chi connectivity index (χ0v) is 13.8. The van der Waals surface area contributed by atoms with Gasteiger partial charge >= 0.3 is 6.03 Å². The normalized spacial score (nSPS) is 11.0. The maximum atomic E-state index is 11.8. The van der Waals surface area contributed by atoms with Crippen LogP contribution in [0.2, 0.25) is 0 Å². The number of nitriles is 1. The summed E-state index contributed by atoms with van der Waals surface area (Å²) in [7, 11) is 0. The lowest BCUT2D eigenvalue weighted by atomic mass is 10.1. The number of urea groups is 1. The van der Waals surface area contributed by atoms with Gasteiger partial charge < -0.3 is 10.3 Å². The standard InChI is InChI=1S/C18H18N4O2/c1-11-4-6-16(7-5-11)22-12(2)8-14(13(22)3)9-15(10-19)17(23)21-18(20)24/h4-9H,1-3H3,(H3,20,21,23,24)/b15-9+. The number of nitrogens with two attached hydrogens (primary N) is 1. The largest absolute Gasteiger partial charge is 0.351 e. The highest BCUT2D eigenvalue weighted by Gasteiger charge is 2.14. The molecule has 1 aromatic carbocycles. The molecule has 6 heteroatoms. The first-order chi connectivity index (χ1) is 11.3. The van der Waals surface area contributed by atoms with Crippen molar-refractivity contribution in [1.29, 1.82) is 5.26 Å². The first-order valence-electron chi connectivity index (χ1n) is 7.32. The summed E-state index contributed by atoms with van der Waals surface area (Å²) in [6.07, 6.45) is 1.45. The predicted molar refractivity (Wildman–Crippen MR) is 91.3 cm³/mol. The van der Waals surface area contributed by atoms with Gasteiger partial charge in [-0.25, -0.2) is 4.79 Å². The summed E-state index contributed by atoms with van der Waals surface area (Å²) in [4.78, 5) is 22.6. The van der Waals surface area contributed by atoms with Crippen LogP contribution in [0, 0.1) is 32.1 Å². The molecule has 24 heavy (non-hydrogen) atoms. The Morgan fingerprint density at radius 1 is 1.21 bits per heavy atom. The summed E-state index contributed by atoms with van der Waals surface area (Å²) < 4.78 is 2.03. The lowest BCUT2D eigenvalue weighted by molar-refractivity contribution is -0.115. The topological polar surface area (TPSA) is 101 Å². The van der Waals surface area contributed by atoms with Crippen molar-refractivity contribution in [2.24, 2.45) is 5.73 Å². The number of carbonyl (C=O) groups excluding carboxylic acids is 2. The third-order valence-electron chi connectivity index (χ3n) is 3.66. The van der Waals surface area contributed by atoms with Gasteiger partial charge in [-0.15, -0.1) is 0 Å². The number of aryl methyl sites for hydroxylation is 2. The third kappa shape index (κ3) is 3.52. The quantitative estimate of drug-likeness (QED) is 0.670. The van der Waals surface area contributed by atoms with E-state index in [0.717, 1.165) is 28.2 Å². The van der Waals surface area contributed by atoms with Gasteiger partial charge in [0.2, 0.25) is 0 Å². The molecule has 0 radical (unpaired) electrons. The summed E-state index contributed by atoms with van der Waals surface area (Å²) in [5, 5.41) is 11.0. The summed E-state index contributed by atoms with van der Waals surface area (Å²) in [6.45, 7) is 5.86. The molecule has 122 valence electrons. The fourth-order valence-corrected chi connectivity index (χ4v) is 2.51. The number of imide groups is 1. The van der Waals surface area contributed by atoms with Crippen LogP contribution in [0.5, 0.6) is 0 Å². The van der Waals surface area contributed by atoms with E-state index in [9.17, 15) is 9.59 Å². The lowest BCUT2D eigenvalue weighted by Gasteiger charge is -2.10. The van der Waals surface area contributed by atoms with Crippen LogP contribution in [-0.4, -0.2) is 16.5 Å². The molecule has 0 aliphatic rings. The Labute approximate surface area is 140 Å². The van der Waals surface area contributed by atoms with Gasteiger partial charge in [0.15, 0.2) is 0 Å². The van der Waals surface area contributed by atoms with E-state index in [1.807, 2.05) is 61.0 Å². The van der Waals surface area contributed by atoms with E-state index in [4.69, 9.17) is 11.0 Å². The first kappa shape index (κ1) is 17.0. The molecule has 2 aromatic rings. The molecule has 6 nitrogen and oxygen atoms in total. The van der Waals surface area contributed by atoms with Crippen LogP contribution in [0.4, 0.5) is 4.79 Å². The van der Waals surface area contributed by atoms with Crippen molar-refractivity contribution < 1.29 is 9.59 Å². The minimum Gasteiger partial charge on any atom is -0.351 e. The van der Waals surface area contributed by atoms with E-state index in [2.05, 4.69) is 0 Å². The summed E-state index contributed by atoms with van der Waals surface area (Å²) >= 11 is 0. The second kappa shape index (κ2) is 6.84. The Kier molecular flexibility index (Phi) is 4.85. The predicted octanol–water partition coefficient (Wildman–Crippen LogP) is 2.50.